The Kier molecular flexibility index (Phi) is 4.79. The summed E-state index contributed by atoms with van der Waals surface area (Å²) < 4.78 is 26.1. The van der Waals surface area contributed by atoms with E-state index in [0.29, 0.717) is 5.69 Å². The zero-order valence-electron chi connectivity index (χ0n) is 13.6. The Hall–Kier alpha value is -2.43. The maximum absolute atomic E-state index is 13.2. The fourth-order valence-corrected chi connectivity index (χ4v) is 2.97. The first-order valence-corrected chi connectivity index (χ1v) is 8.10. The fraction of sp³-hybridized carbons (Fsp3) is 0.316. The standard InChI is InChI=1S/C19H20F2N2O/c1-13-2-5-16(6-3-13)23-10-8-14(9-11-23)19(24)22-15-4-7-17(20)18(21)12-15/h2-7,12,14H,8-11H2,1H3,(H,22,24). The quantitative estimate of drug-likeness (QED) is 0.918. The normalized spacial score (nSPS) is 15.4. The summed E-state index contributed by atoms with van der Waals surface area (Å²) in [7, 11) is 0. The predicted molar refractivity (Wildman–Crippen MR) is 91.1 cm³/mol. The number of carbonyl (C=O) groups excluding carboxylic acids is 1. The van der Waals surface area contributed by atoms with Gasteiger partial charge in [-0.3, -0.25) is 4.79 Å². The van der Waals surface area contributed by atoms with Crippen LogP contribution in [-0.2, 0) is 4.79 Å². The van der Waals surface area contributed by atoms with Gasteiger partial charge in [-0.1, -0.05) is 17.7 Å². The average Bonchev–Trinajstić information content (AvgIpc) is 2.59. The number of halogens is 2. The van der Waals surface area contributed by atoms with E-state index in [-0.39, 0.29) is 11.8 Å². The minimum absolute atomic E-state index is 0.111. The van der Waals surface area contributed by atoms with Crippen LogP contribution in [0.3, 0.4) is 0 Å². The molecule has 1 aliphatic rings. The van der Waals surface area contributed by atoms with E-state index in [1.54, 1.807) is 0 Å². The van der Waals surface area contributed by atoms with Crippen molar-refractivity contribution in [2.45, 2.75) is 19.8 Å². The van der Waals surface area contributed by atoms with Crippen LogP contribution in [0.4, 0.5) is 20.2 Å². The number of hydrogen-bond acceptors (Lipinski definition) is 2. The number of benzene rings is 2. The first-order valence-electron chi connectivity index (χ1n) is 8.10. The van der Waals surface area contributed by atoms with Gasteiger partial charge in [-0.25, -0.2) is 8.78 Å². The minimum atomic E-state index is -0.956. The van der Waals surface area contributed by atoms with E-state index < -0.39 is 11.6 Å². The van der Waals surface area contributed by atoms with Crippen molar-refractivity contribution in [1.82, 2.24) is 0 Å². The van der Waals surface area contributed by atoms with E-state index >= 15 is 0 Å². The highest BCUT2D eigenvalue weighted by Gasteiger charge is 2.25. The molecule has 1 saturated heterocycles. The van der Waals surface area contributed by atoms with Crippen LogP contribution in [-0.4, -0.2) is 19.0 Å². The second kappa shape index (κ2) is 6.99. The highest BCUT2D eigenvalue weighted by Crippen LogP contribution is 2.25. The van der Waals surface area contributed by atoms with Crippen molar-refractivity contribution in [3.63, 3.8) is 0 Å². The number of piperidine rings is 1. The Morgan fingerprint density at radius 2 is 1.71 bits per heavy atom. The molecule has 2 aromatic rings. The third-order valence-electron chi connectivity index (χ3n) is 4.45. The number of rotatable bonds is 3. The molecule has 126 valence electrons. The maximum atomic E-state index is 13.2. The topological polar surface area (TPSA) is 32.3 Å². The molecule has 1 amide bonds. The second-order valence-corrected chi connectivity index (χ2v) is 6.22. The van der Waals surface area contributed by atoms with Crippen molar-refractivity contribution in [3.05, 3.63) is 59.7 Å². The van der Waals surface area contributed by atoms with Crippen molar-refractivity contribution < 1.29 is 13.6 Å². The molecule has 0 aromatic heterocycles. The van der Waals surface area contributed by atoms with Gasteiger partial charge >= 0.3 is 0 Å². The molecule has 3 nitrogen and oxygen atoms in total. The maximum Gasteiger partial charge on any atom is 0.227 e. The number of carbonyl (C=O) groups is 1. The highest BCUT2D eigenvalue weighted by atomic mass is 19.2. The first kappa shape index (κ1) is 16.4. The number of nitrogens with zero attached hydrogens (tertiary/aromatic N) is 1. The fourth-order valence-electron chi connectivity index (χ4n) is 2.97. The van der Waals surface area contributed by atoms with E-state index in [9.17, 15) is 13.6 Å². The third-order valence-corrected chi connectivity index (χ3v) is 4.45. The van der Waals surface area contributed by atoms with Gasteiger partial charge in [-0.05, 0) is 44.0 Å². The van der Waals surface area contributed by atoms with Crippen LogP contribution in [0.25, 0.3) is 0 Å². The molecule has 24 heavy (non-hydrogen) atoms. The van der Waals surface area contributed by atoms with Gasteiger partial charge in [0.2, 0.25) is 5.91 Å². The van der Waals surface area contributed by atoms with Crippen molar-refractivity contribution >= 4 is 17.3 Å². The van der Waals surface area contributed by atoms with Gasteiger partial charge in [0.15, 0.2) is 11.6 Å². The van der Waals surface area contributed by atoms with Crippen molar-refractivity contribution in [2.75, 3.05) is 23.3 Å². The summed E-state index contributed by atoms with van der Waals surface area (Å²) in [4.78, 5) is 14.6. The molecule has 1 heterocycles. The summed E-state index contributed by atoms with van der Waals surface area (Å²) >= 11 is 0. The molecule has 0 aliphatic carbocycles. The summed E-state index contributed by atoms with van der Waals surface area (Å²) in [6, 6.07) is 11.7. The molecule has 2 aromatic carbocycles. The van der Waals surface area contributed by atoms with E-state index in [1.165, 1.54) is 17.3 Å². The molecule has 5 heteroatoms. The lowest BCUT2D eigenvalue weighted by Crippen LogP contribution is -2.38. The summed E-state index contributed by atoms with van der Waals surface area (Å²) in [6.45, 7) is 3.66. The molecule has 0 bridgehead atoms. The van der Waals surface area contributed by atoms with Crippen LogP contribution in [0.15, 0.2) is 42.5 Å². The van der Waals surface area contributed by atoms with Crippen LogP contribution >= 0.6 is 0 Å². The van der Waals surface area contributed by atoms with Crippen molar-refractivity contribution in [1.29, 1.82) is 0 Å². The van der Waals surface area contributed by atoms with Gasteiger partial charge < -0.3 is 10.2 Å². The molecule has 0 unspecified atom stereocenters. The number of nitrogens with one attached hydrogen (secondary N) is 1. The summed E-state index contributed by atoms with van der Waals surface area (Å²) in [5, 5.41) is 2.68. The number of amides is 1. The van der Waals surface area contributed by atoms with Crippen LogP contribution in [0.2, 0.25) is 0 Å². The van der Waals surface area contributed by atoms with Crippen molar-refractivity contribution in [2.24, 2.45) is 5.92 Å². The molecule has 0 atom stereocenters. The molecule has 1 fully saturated rings. The van der Waals surface area contributed by atoms with Gasteiger partial charge in [-0.15, -0.1) is 0 Å². The van der Waals surface area contributed by atoms with Crippen LogP contribution in [0.1, 0.15) is 18.4 Å². The number of hydrogen-bond donors (Lipinski definition) is 1. The Morgan fingerprint density at radius 1 is 1.04 bits per heavy atom. The Labute approximate surface area is 140 Å². The first-order chi connectivity index (χ1) is 11.5. The Balaban J connectivity index is 1.56. The monoisotopic (exact) mass is 330 g/mol. The predicted octanol–water partition coefficient (Wildman–Crippen LogP) is 4.13. The number of anilines is 2. The van der Waals surface area contributed by atoms with Crippen molar-refractivity contribution in [3.8, 4) is 0 Å². The van der Waals surface area contributed by atoms with E-state index in [0.717, 1.165) is 38.1 Å². The largest absolute Gasteiger partial charge is 0.371 e. The van der Waals surface area contributed by atoms with Gasteiger partial charge in [0, 0.05) is 36.4 Å². The lowest BCUT2D eigenvalue weighted by molar-refractivity contribution is -0.120. The Morgan fingerprint density at radius 3 is 2.33 bits per heavy atom. The van der Waals surface area contributed by atoms with Gasteiger partial charge in [0.1, 0.15) is 0 Å². The van der Waals surface area contributed by atoms with Crippen LogP contribution in [0, 0.1) is 24.5 Å². The molecular weight excluding hydrogens is 310 g/mol. The Bertz CT molecular complexity index is 723. The van der Waals surface area contributed by atoms with Gasteiger partial charge in [0.25, 0.3) is 0 Å². The SMILES string of the molecule is Cc1ccc(N2CCC(C(=O)Nc3ccc(F)c(F)c3)CC2)cc1. The highest BCUT2D eigenvalue weighted by molar-refractivity contribution is 5.92. The molecule has 1 aliphatic heterocycles. The molecule has 0 saturated carbocycles. The van der Waals surface area contributed by atoms with E-state index in [2.05, 4.69) is 41.4 Å². The van der Waals surface area contributed by atoms with Crippen LogP contribution in [0.5, 0.6) is 0 Å². The lowest BCUT2D eigenvalue weighted by Gasteiger charge is -2.33. The zero-order chi connectivity index (χ0) is 17.1. The summed E-state index contributed by atoms with van der Waals surface area (Å²) in [5.41, 5.74) is 2.68. The molecule has 0 radical (unpaired) electrons. The van der Waals surface area contributed by atoms with E-state index in [4.69, 9.17) is 0 Å². The van der Waals surface area contributed by atoms with Gasteiger partial charge in [-0.2, -0.15) is 0 Å². The van der Waals surface area contributed by atoms with E-state index in [1.807, 2.05) is 0 Å². The smallest absolute Gasteiger partial charge is 0.227 e. The second-order valence-electron chi connectivity index (χ2n) is 6.22. The molecule has 1 N–H and O–H groups in total. The summed E-state index contributed by atoms with van der Waals surface area (Å²) in [5.74, 6) is -2.12. The zero-order valence-corrected chi connectivity index (χ0v) is 13.6. The minimum Gasteiger partial charge on any atom is -0.371 e. The van der Waals surface area contributed by atoms with Gasteiger partial charge in [0.05, 0.1) is 0 Å². The third kappa shape index (κ3) is 3.72. The summed E-state index contributed by atoms with van der Waals surface area (Å²) in [6.07, 6.45) is 1.48. The molecule has 3 rings (SSSR count). The van der Waals surface area contributed by atoms with Crippen LogP contribution < -0.4 is 10.2 Å². The molecular formula is C19H20F2N2O. The molecule has 0 spiro atoms. The average molecular weight is 330 g/mol. The lowest BCUT2D eigenvalue weighted by atomic mass is 9.95. The number of aryl methyl sites for hydroxylation is 1.